The van der Waals surface area contributed by atoms with Crippen LogP contribution in [0.2, 0.25) is 0 Å². The Morgan fingerprint density at radius 1 is 1.36 bits per heavy atom. The Morgan fingerprint density at radius 3 is 2.50 bits per heavy atom. The van der Waals surface area contributed by atoms with Gasteiger partial charge in [-0.15, -0.1) is 0 Å². The van der Waals surface area contributed by atoms with E-state index < -0.39 is 0 Å². The van der Waals surface area contributed by atoms with Crippen molar-refractivity contribution in [2.75, 3.05) is 5.73 Å². The highest BCUT2D eigenvalue weighted by Crippen LogP contribution is 2.16. The normalized spacial score (nSPS) is 11.7. The van der Waals surface area contributed by atoms with Crippen molar-refractivity contribution < 1.29 is 9.13 Å². The lowest BCUT2D eigenvalue weighted by molar-refractivity contribution is -0.0149. The van der Waals surface area contributed by atoms with E-state index in [9.17, 15) is 4.39 Å². The van der Waals surface area contributed by atoms with Crippen molar-refractivity contribution in [2.45, 2.75) is 33.0 Å². The highest BCUT2D eigenvalue weighted by atomic mass is 19.1. The standard InChI is InChI=1S/C11H16FNO/c1-11(2,3)14-7-8-4-5-9(12)10(13)6-8/h4-6H,7,13H2,1-3H3. The van der Waals surface area contributed by atoms with E-state index in [-0.39, 0.29) is 17.1 Å². The molecule has 0 fully saturated rings. The molecule has 0 saturated carbocycles. The van der Waals surface area contributed by atoms with E-state index in [2.05, 4.69) is 0 Å². The molecular weight excluding hydrogens is 181 g/mol. The SMILES string of the molecule is CC(C)(C)OCc1ccc(F)c(N)c1. The number of benzene rings is 1. The Hall–Kier alpha value is -1.09. The van der Waals surface area contributed by atoms with Crippen molar-refractivity contribution >= 4 is 5.69 Å². The quantitative estimate of drug-likeness (QED) is 0.740. The zero-order chi connectivity index (χ0) is 10.8. The van der Waals surface area contributed by atoms with Gasteiger partial charge in [-0.1, -0.05) is 6.07 Å². The van der Waals surface area contributed by atoms with Crippen LogP contribution in [0.1, 0.15) is 26.3 Å². The van der Waals surface area contributed by atoms with Gasteiger partial charge in [0, 0.05) is 0 Å². The summed E-state index contributed by atoms with van der Waals surface area (Å²) in [5.41, 5.74) is 6.29. The molecule has 0 atom stereocenters. The molecule has 0 aliphatic carbocycles. The molecule has 0 spiro atoms. The average Bonchev–Trinajstić information content (AvgIpc) is 2.06. The second kappa shape index (κ2) is 3.96. The lowest BCUT2D eigenvalue weighted by Gasteiger charge is -2.19. The van der Waals surface area contributed by atoms with Crippen LogP contribution in [0.15, 0.2) is 18.2 Å². The van der Waals surface area contributed by atoms with Crippen LogP contribution < -0.4 is 5.73 Å². The van der Waals surface area contributed by atoms with Crippen molar-refractivity contribution in [3.63, 3.8) is 0 Å². The molecule has 1 aromatic carbocycles. The molecule has 0 saturated heterocycles. The summed E-state index contributed by atoms with van der Waals surface area (Å²) in [4.78, 5) is 0. The Labute approximate surface area is 83.9 Å². The summed E-state index contributed by atoms with van der Waals surface area (Å²) < 4.78 is 18.3. The van der Waals surface area contributed by atoms with Gasteiger partial charge in [0.2, 0.25) is 0 Å². The fourth-order valence-electron chi connectivity index (χ4n) is 0.983. The van der Waals surface area contributed by atoms with Gasteiger partial charge in [-0.3, -0.25) is 0 Å². The minimum atomic E-state index is -0.385. The van der Waals surface area contributed by atoms with Crippen LogP contribution in [-0.2, 0) is 11.3 Å². The van der Waals surface area contributed by atoms with Gasteiger partial charge in [0.05, 0.1) is 17.9 Å². The maximum Gasteiger partial charge on any atom is 0.146 e. The largest absolute Gasteiger partial charge is 0.396 e. The fourth-order valence-corrected chi connectivity index (χ4v) is 0.983. The van der Waals surface area contributed by atoms with Gasteiger partial charge in [0.1, 0.15) is 5.82 Å². The third kappa shape index (κ3) is 3.34. The number of ether oxygens (including phenoxy) is 1. The second-order valence-electron chi connectivity index (χ2n) is 4.26. The van der Waals surface area contributed by atoms with E-state index >= 15 is 0 Å². The molecule has 0 aromatic heterocycles. The molecule has 0 unspecified atom stereocenters. The van der Waals surface area contributed by atoms with E-state index in [0.29, 0.717) is 6.61 Å². The number of hydrogen-bond donors (Lipinski definition) is 1. The Balaban J connectivity index is 2.65. The average molecular weight is 197 g/mol. The first kappa shape index (κ1) is 11.0. The summed E-state index contributed by atoms with van der Waals surface area (Å²) in [6.45, 7) is 6.37. The molecule has 0 bridgehead atoms. The zero-order valence-corrected chi connectivity index (χ0v) is 8.80. The number of nitrogen functional groups attached to an aromatic ring is 1. The van der Waals surface area contributed by atoms with E-state index in [4.69, 9.17) is 10.5 Å². The molecule has 1 rings (SSSR count). The van der Waals surface area contributed by atoms with E-state index in [1.54, 1.807) is 12.1 Å². The van der Waals surface area contributed by atoms with E-state index in [1.807, 2.05) is 20.8 Å². The first-order valence-electron chi connectivity index (χ1n) is 4.56. The minimum Gasteiger partial charge on any atom is -0.396 e. The van der Waals surface area contributed by atoms with Crippen molar-refractivity contribution in [1.82, 2.24) is 0 Å². The fraction of sp³-hybridized carbons (Fsp3) is 0.455. The number of hydrogen-bond acceptors (Lipinski definition) is 2. The van der Waals surface area contributed by atoms with Crippen LogP contribution in [0, 0.1) is 5.82 Å². The van der Waals surface area contributed by atoms with Crippen LogP contribution in [0.4, 0.5) is 10.1 Å². The second-order valence-corrected chi connectivity index (χ2v) is 4.26. The van der Waals surface area contributed by atoms with Gasteiger partial charge in [-0.25, -0.2) is 4.39 Å². The molecular formula is C11H16FNO. The summed E-state index contributed by atoms with van der Waals surface area (Å²) in [5.74, 6) is -0.385. The summed E-state index contributed by atoms with van der Waals surface area (Å²) in [7, 11) is 0. The number of nitrogens with two attached hydrogens (primary N) is 1. The predicted molar refractivity (Wildman–Crippen MR) is 55.4 cm³/mol. The highest BCUT2D eigenvalue weighted by molar-refractivity contribution is 5.42. The topological polar surface area (TPSA) is 35.2 Å². The molecule has 1 aromatic rings. The first-order chi connectivity index (χ1) is 6.38. The van der Waals surface area contributed by atoms with Crippen molar-refractivity contribution in [2.24, 2.45) is 0 Å². The number of rotatable bonds is 2. The van der Waals surface area contributed by atoms with Crippen LogP contribution in [0.3, 0.4) is 0 Å². The van der Waals surface area contributed by atoms with Gasteiger partial charge in [0.25, 0.3) is 0 Å². The summed E-state index contributed by atoms with van der Waals surface area (Å²) >= 11 is 0. The summed E-state index contributed by atoms with van der Waals surface area (Å²) in [6.07, 6.45) is 0. The lowest BCUT2D eigenvalue weighted by Crippen LogP contribution is -2.18. The first-order valence-corrected chi connectivity index (χ1v) is 4.56. The van der Waals surface area contributed by atoms with Gasteiger partial charge in [0.15, 0.2) is 0 Å². The summed E-state index contributed by atoms with van der Waals surface area (Å²) in [5, 5.41) is 0. The van der Waals surface area contributed by atoms with Crippen LogP contribution in [-0.4, -0.2) is 5.60 Å². The molecule has 2 nitrogen and oxygen atoms in total. The monoisotopic (exact) mass is 197 g/mol. The van der Waals surface area contributed by atoms with Crippen LogP contribution in [0.5, 0.6) is 0 Å². The predicted octanol–water partition coefficient (Wildman–Crippen LogP) is 2.72. The number of halogens is 1. The summed E-state index contributed by atoms with van der Waals surface area (Å²) in [6, 6.07) is 4.63. The molecule has 0 heterocycles. The van der Waals surface area contributed by atoms with Crippen molar-refractivity contribution in [3.8, 4) is 0 Å². The van der Waals surface area contributed by atoms with Crippen molar-refractivity contribution in [1.29, 1.82) is 0 Å². The van der Waals surface area contributed by atoms with Gasteiger partial charge in [-0.05, 0) is 38.5 Å². The zero-order valence-electron chi connectivity index (χ0n) is 8.80. The molecule has 0 aliphatic heterocycles. The maximum absolute atomic E-state index is 12.8. The van der Waals surface area contributed by atoms with E-state index in [0.717, 1.165) is 5.56 Å². The minimum absolute atomic E-state index is 0.167. The molecule has 0 aliphatic rings. The van der Waals surface area contributed by atoms with Crippen LogP contribution >= 0.6 is 0 Å². The van der Waals surface area contributed by atoms with Gasteiger partial charge < -0.3 is 10.5 Å². The maximum atomic E-state index is 12.8. The number of anilines is 1. The van der Waals surface area contributed by atoms with Gasteiger partial charge in [-0.2, -0.15) is 0 Å². The Kier molecular flexibility index (Phi) is 3.11. The molecule has 2 N–H and O–H groups in total. The van der Waals surface area contributed by atoms with Crippen LogP contribution in [0.25, 0.3) is 0 Å². The van der Waals surface area contributed by atoms with Gasteiger partial charge >= 0.3 is 0 Å². The lowest BCUT2D eigenvalue weighted by atomic mass is 10.1. The van der Waals surface area contributed by atoms with Crippen molar-refractivity contribution in [3.05, 3.63) is 29.6 Å². The molecule has 0 radical (unpaired) electrons. The molecule has 3 heteroatoms. The highest BCUT2D eigenvalue weighted by Gasteiger charge is 2.10. The van der Waals surface area contributed by atoms with E-state index in [1.165, 1.54) is 6.07 Å². The molecule has 0 amide bonds. The Morgan fingerprint density at radius 2 is 2.00 bits per heavy atom. The molecule has 14 heavy (non-hydrogen) atoms. The smallest absolute Gasteiger partial charge is 0.146 e. The molecule has 78 valence electrons. The third-order valence-electron chi connectivity index (χ3n) is 1.73. The third-order valence-corrected chi connectivity index (χ3v) is 1.73. The Bertz CT molecular complexity index is 318.